The Morgan fingerprint density at radius 2 is 2.00 bits per heavy atom. The molecule has 1 unspecified atom stereocenters. The van der Waals surface area contributed by atoms with Crippen molar-refractivity contribution in [3.05, 3.63) is 0 Å². The number of hydrogen-bond donors (Lipinski definition) is 2. The number of nitrogens with zero attached hydrogens (tertiary/aromatic N) is 2. The molecule has 2 N–H and O–H groups in total. The van der Waals surface area contributed by atoms with Crippen molar-refractivity contribution in [2.45, 2.75) is 31.7 Å². The summed E-state index contributed by atoms with van der Waals surface area (Å²) in [5, 5.41) is 5.99. The minimum Gasteiger partial charge on any atom is -0.340 e. The van der Waals surface area contributed by atoms with Crippen molar-refractivity contribution < 1.29 is 14.4 Å². The first-order valence-electron chi connectivity index (χ1n) is 7.65. The largest absolute Gasteiger partial charge is 0.340 e. The first-order chi connectivity index (χ1) is 10.0. The quantitative estimate of drug-likeness (QED) is 0.711. The van der Waals surface area contributed by atoms with Crippen LogP contribution in [-0.2, 0) is 9.59 Å². The van der Waals surface area contributed by atoms with Crippen LogP contribution in [0, 0.1) is 5.92 Å². The zero-order valence-electron chi connectivity index (χ0n) is 12.8. The van der Waals surface area contributed by atoms with E-state index in [2.05, 4.69) is 10.6 Å². The summed E-state index contributed by atoms with van der Waals surface area (Å²) in [6.45, 7) is 4.58. The predicted octanol–water partition coefficient (Wildman–Crippen LogP) is -0.0494. The Morgan fingerprint density at radius 3 is 2.68 bits per heavy atom. The van der Waals surface area contributed by atoms with E-state index in [9.17, 15) is 14.4 Å². The summed E-state index contributed by atoms with van der Waals surface area (Å²) in [7, 11) is 0. The molecule has 3 rings (SSSR count). The third-order valence-electron chi connectivity index (χ3n) is 4.68. The third-order valence-corrected chi connectivity index (χ3v) is 4.68. The van der Waals surface area contributed by atoms with Crippen molar-refractivity contribution in [1.82, 2.24) is 20.4 Å². The van der Waals surface area contributed by atoms with Gasteiger partial charge < -0.3 is 15.5 Å². The van der Waals surface area contributed by atoms with Crippen molar-refractivity contribution in [3.63, 3.8) is 0 Å². The Morgan fingerprint density at radius 1 is 1.27 bits per heavy atom. The standard InChI is InChI=1S/C14H22N4O3.ClH/c1-14(10-3-4-10)12(20)18(13(21)16-14)9-11(19)17-7-2-5-15-6-8-17;/h10,15H,2-9H2,1H3,(H,16,21);1H. The summed E-state index contributed by atoms with van der Waals surface area (Å²) in [5.41, 5.74) is -0.808. The summed E-state index contributed by atoms with van der Waals surface area (Å²) in [6.07, 6.45) is 2.82. The number of imide groups is 1. The molecule has 3 fully saturated rings. The topological polar surface area (TPSA) is 81.8 Å². The van der Waals surface area contributed by atoms with E-state index in [1.807, 2.05) is 0 Å². The summed E-state index contributed by atoms with van der Waals surface area (Å²) < 4.78 is 0. The van der Waals surface area contributed by atoms with Crippen molar-refractivity contribution in [2.75, 3.05) is 32.7 Å². The number of halogens is 1. The highest BCUT2D eigenvalue weighted by atomic mass is 35.5. The van der Waals surface area contributed by atoms with Crippen molar-refractivity contribution in [2.24, 2.45) is 5.92 Å². The molecule has 1 saturated carbocycles. The SMILES string of the molecule is CC1(C2CC2)NC(=O)N(CC(=O)N2CCCNCC2)C1=O.Cl. The normalized spacial score (nSPS) is 29.0. The lowest BCUT2D eigenvalue weighted by atomic mass is 9.96. The monoisotopic (exact) mass is 330 g/mol. The number of carbonyl (C=O) groups is 3. The van der Waals surface area contributed by atoms with E-state index >= 15 is 0 Å². The van der Waals surface area contributed by atoms with Gasteiger partial charge in [-0.2, -0.15) is 0 Å². The van der Waals surface area contributed by atoms with E-state index in [4.69, 9.17) is 0 Å². The van der Waals surface area contributed by atoms with E-state index in [1.165, 1.54) is 0 Å². The van der Waals surface area contributed by atoms with Crippen LogP contribution in [0.3, 0.4) is 0 Å². The van der Waals surface area contributed by atoms with Gasteiger partial charge in [-0.05, 0) is 38.6 Å². The van der Waals surface area contributed by atoms with E-state index in [-0.39, 0.29) is 36.7 Å². The van der Waals surface area contributed by atoms with Gasteiger partial charge in [-0.15, -0.1) is 12.4 Å². The second kappa shape index (κ2) is 6.42. The molecule has 0 aromatic carbocycles. The maximum atomic E-state index is 12.5. The van der Waals surface area contributed by atoms with Gasteiger partial charge in [0.1, 0.15) is 12.1 Å². The molecule has 1 atom stereocenters. The van der Waals surface area contributed by atoms with Gasteiger partial charge in [0, 0.05) is 19.6 Å². The molecule has 1 aliphatic carbocycles. The Hall–Kier alpha value is -1.34. The molecule has 0 radical (unpaired) electrons. The molecule has 0 spiro atoms. The fraction of sp³-hybridized carbons (Fsp3) is 0.786. The van der Waals surface area contributed by atoms with E-state index in [0.29, 0.717) is 13.1 Å². The summed E-state index contributed by atoms with van der Waals surface area (Å²) in [6, 6.07) is -0.435. The smallest absolute Gasteiger partial charge is 0.325 e. The number of hydrogen-bond acceptors (Lipinski definition) is 4. The lowest BCUT2D eigenvalue weighted by Crippen LogP contribution is -2.47. The first-order valence-corrected chi connectivity index (χ1v) is 7.65. The molecule has 3 aliphatic rings. The summed E-state index contributed by atoms with van der Waals surface area (Å²) in [4.78, 5) is 39.6. The van der Waals surface area contributed by atoms with Crippen LogP contribution >= 0.6 is 12.4 Å². The highest BCUT2D eigenvalue weighted by Gasteiger charge is 2.56. The number of carbonyl (C=O) groups excluding carboxylic acids is 3. The molecule has 22 heavy (non-hydrogen) atoms. The lowest BCUT2D eigenvalue weighted by molar-refractivity contribution is -0.139. The van der Waals surface area contributed by atoms with Gasteiger partial charge in [-0.25, -0.2) is 4.79 Å². The van der Waals surface area contributed by atoms with Crippen LogP contribution in [0.25, 0.3) is 0 Å². The summed E-state index contributed by atoms with van der Waals surface area (Å²) >= 11 is 0. The maximum absolute atomic E-state index is 12.5. The Kier molecular flexibility index (Phi) is 4.97. The van der Waals surface area contributed by atoms with Crippen LogP contribution in [-0.4, -0.2) is 65.9 Å². The fourth-order valence-electron chi connectivity index (χ4n) is 3.13. The third kappa shape index (κ3) is 3.05. The van der Waals surface area contributed by atoms with Crippen LogP contribution in [0.15, 0.2) is 0 Å². The van der Waals surface area contributed by atoms with Crippen molar-refractivity contribution in [3.8, 4) is 0 Å². The average Bonchev–Trinajstić information content (AvgIpc) is 3.27. The lowest BCUT2D eigenvalue weighted by Gasteiger charge is -2.23. The predicted molar refractivity (Wildman–Crippen MR) is 82.7 cm³/mol. The van der Waals surface area contributed by atoms with Gasteiger partial charge in [0.05, 0.1) is 0 Å². The van der Waals surface area contributed by atoms with Gasteiger partial charge in [-0.1, -0.05) is 0 Å². The number of amides is 4. The number of urea groups is 1. The molecule has 2 saturated heterocycles. The Balaban J connectivity index is 0.00000176. The highest BCUT2D eigenvalue weighted by Crippen LogP contribution is 2.42. The minimum atomic E-state index is -0.808. The van der Waals surface area contributed by atoms with Crippen LogP contribution in [0.5, 0.6) is 0 Å². The summed E-state index contributed by atoms with van der Waals surface area (Å²) in [5.74, 6) is -0.185. The molecule has 124 valence electrons. The Bertz CT molecular complexity index is 475. The molecular formula is C14H23ClN4O3. The molecule has 0 bridgehead atoms. The molecule has 2 heterocycles. The van der Waals surface area contributed by atoms with E-state index < -0.39 is 11.6 Å². The van der Waals surface area contributed by atoms with Crippen LogP contribution in [0.1, 0.15) is 26.2 Å². The molecule has 8 heteroatoms. The number of rotatable bonds is 3. The molecule has 2 aliphatic heterocycles. The molecule has 0 aromatic rings. The van der Waals surface area contributed by atoms with Crippen molar-refractivity contribution >= 4 is 30.3 Å². The fourth-order valence-corrected chi connectivity index (χ4v) is 3.13. The second-order valence-corrected chi connectivity index (χ2v) is 6.28. The van der Waals surface area contributed by atoms with Crippen molar-refractivity contribution in [1.29, 1.82) is 0 Å². The second-order valence-electron chi connectivity index (χ2n) is 6.28. The van der Waals surface area contributed by atoms with E-state index in [0.717, 1.165) is 37.3 Å². The van der Waals surface area contributed by atoms with Gasteiger partial charge in [0.15, 0.2) is 0 Å². The maximum Gasteiger partial charge on any atom is 0.325 e. The minimum absolute atomic E-state index is 0. The van der Waals surface area contributed by atoms with E-state index in [1.54, 1.807) is 11.8 Å². The zero-order chi connectivity index (χ0) is 15.0. The average molecular weight is 331 g/mol. The van der Waals surface area contributed by atoms with Gasteiger partial charge in [0.2, 0.25) is 5.91 Å². The molecule has 7 nitrogen and oxygen atoms in total. The van der Waals surface area contributed by atoms with Crippen LogP contribution in [0.4, 0.5) is 4.79 Å². The number of nitrogens with one attached hydrogen (secondary N) is 2. The van der Waals surface area contributed by atoms with Gasteiger partial charge in [-0.3, -0.25) is 14.5 Å². The molecular weight excluding hydrogens is 308 g/mol. The van der Waals surface area contributed by atoms with Gasteiger partial charge in [0.25, 0.3) is 5.91 Å². The molecule has 0 aromatic heterocycles. The highest BCUT2D eigenvalue weighted by molar-refractivity contribution is 6.09. The van der Waals surface area contributed by atoms with Crippen LogP contribution < -0.4 is 10.6 Å². The molecule has 4 amide bonds. The zero-order valence-corrected chi connectivity index (χ0v) is 13.6. The first kappa shape index (κ1) is 17.0. The van der Waals surface area contributed by atoms with Gasteiger partial charge >= 0.3 is 6.03 Å². The van der Waals surface area contributed by atoms with Crippen LogP contribution in [0.2, 0.25) is 0 Å². The Labute approximate surface area is 136 Å².